The fraction of sp³-hybridized carbons (Fsp3) is 0.800. The van der Waals surface area contributed by atoms with Crippen LogP contribution in [0.25, 0.3) is 0 Å². The zero-order chi connectivity index (χ0) is 12.3. The second kappa shape index (κ2) is 5.14. The van der Waals surface area contributed by atoms with Gasteiger partial charge >= 0.3 is 0 Å². The van der Waals surface area contributed by atoms with Crippen molar-refractivity contribution in [3.63, 3.8) is 0 Å². The Bertz CT molecular complexity index is 463. The summed E-state index contributed by atoms with van der Waals surface area (Å²) in [5.74, 6) is 0.520. The Balaban J connectivity index is 1.85. The van der Waals surface area contributed by atoms with Gasteiger partial charge in [-0.1, -0.05) is 18.0 Å². The molecule has 0 aromatic carbocycles. The molecule has 96 valence electrons. The molecule has 1 saturated carbocycles. The summed E-state index contributed by atoms with van der Waals surface area (Å²) in [6, 6.07) is 0.528. The summed E-state index contributed by atoms with van der Waals surface area (Å²) in [7, 11) is -3.10. The van der Waals surface area contributed by atoms with Gasteiger partial charge in [0.25, 0.3) is 0 Å². The van der Waals surface area contributed by atoms with Crippen molar-refractivity contribution in [1.82, 2.24) is 15.5 Å². The van der Waals surface area contributed by atoms with Crippen molar-refractivity contribution >= 4 is 9.84 Å². The molecule has 0 saturated heterocycles. The lowest BCUT2D eigenvalue weighted by Crippen LogP contribution is -2.25. The quantitative estimate of drug-likeness (QED) is 0.835. The number of aromatic nitrogens is 2. The maximum Gasteiger partial charge on any atom is 0.240 e. The third-order valence-electron chi connectivity index (χ3n) is 2.80. The number of nitrogens with zero attached hydrogens (tertiary/aromatic N) is 2. The molecule has 1 heterocycles. The third-order valence-corrected chi connectivity index (χ3v) is 3.58. The molecule has 0 bridgehead atoms. The molecular formula is C10H17N3O3S. The highest BCUT2D eigenvalue weighted by molar-refractivity contribution is 7.89. The zero-order valence-electron chi connectivity index (χ0n) is 9.85. The molecule has 0 unspecified atom stereocenters. The van der Waals surface area contributed by atoms with E-state index in [0.717, 1.165) is 6.26 Å². The van der Waals surface area contributed by atoms with Crippen molar-refractivity contribution in [3.05, 3.63) is 11.7 Å². The smallest absolute Gasteiger partial charge is 0.240 e. The minimum atomic E-state index is -3.10. The van der Waals surface area contributed by atoms with E-state index in [-0.39, 0.29) is 11.6 Å². The van der Waals surface area contributed by atoms with E-state index in [1.807, 2.05) is 0 Å². The van der Waals surface area contributed by atoms with Crippen LogP contribution >= 0.6 is 0 Å². The molecule has 1 aliphatic rings. The van der Waals surface area contributed by atoms with Crippen molar-refractivity contribution in [2.24, 2.45) is 0 Å². The largest absolute Gasteiger partial charge is 0.338 e. The molecule has 0 aliphatic heterocycles. The minimum Gasteiger partial charge on any atom is -0.338 e. The molecule has 1 aromatic rings. The first kappa shape index (κ1) is 12.5. The van der Waals surface area contributed by atoms with Crippen LogP contribution < -0.4 is 5.32 Å². The number of rotatable bonds is 5. The SMILES string of the molecule is CS(=O)(=O)Cc1noc(CNC2CCCC2)n1. The van der Waals surface area contributed by atoms with Crippen molar-refractivity contribution in [3.8, 4) is 0 Å². The third kappa shape index (κ3) is 4.08. The van der Waals surface area contributed by atoms with Crippen LogP contribution in [-0.4, -0.2) is 30.9 Å². The predicted octanol–water partition coefficient (Wildman–Crippen LogP) is 0.646. The van der Waals surface area contributed by atoms with Gasteiger partial charge in [0.15, 0.2) is 15.7 Å². The first-order valence-corrected chi connectivity index (χ1v) is 7.81. The van der Waals surface area contributed by atoms with E-state index in [9.17, 15) is 8.42 Å². The summed E-state index contributed by atoms with van der Waals surface area (Å²) in [5, 5.41) is 6.97. The van der Waals surface area contributed by atoms with Crippen LogP contribution in [0.4, 0.5) is 0 Å². The molecule has 0 radical (unpaired) electrons. The van der Waals surface area contributed by atoms with Crippen molar-refractivity contribution in [2.45, 2.75) is 44.0 Å². The van der Waals surface area contributed by atoms with E-state index < -0.39 is 9.84 Å². The maximum absolute atomic E-state index is 11.0. The Hall–Kier alpha value is -0.950. The summed E-state index contributed by atoms with van der Waals surface area (Å²) in [5.41, 5.74) is 0. The molecular weight excluding hydrogens is 242 g/mol. The van der Waals surface area contributed by atoms with E-state index in [2.05, 4.69) is 15.5 Å². The van der Waals surface area contributed by atoms with Crippen LogP contribution in [0.1, 0.15) is 37.4 Å². The Kier molecular flexibility index (Phi) is 3.78. The number of sulfone groups is 1. The molecule has 0 atom stereocenters. The van der Waals surface area contributed by atoms with Gasteiger partial charge in [-0.25, -0.2) is 8.42 Å². The van der Waals surface area contributed by atoms with Gasteiger partial charge in [-0.05, 0) is 12.8 Å². The number of nitrogens with one attached hydrogen (secondary N) is 1. The van der Waals surface area contributed by atoms with E-state index >= 15 is 0 Å². The van der Waals surface area contributed by atoms with Crippen LogP contribution in [0.5, 0.6) is 0 Å². The van der Waals surface area contributed by atoms with Gasteiger partial charge in [-0.15, -0.1) is 0 Å². The maximum atomic E-state index is 11.0. The molecule has 1 N–H and O–H groups in total. The Morgan fingerprint density at radius 3 is 2.76 bits per heavy atom. The number of hydrogen-bond acceptors (Lipinski definition) is 6. The topological polar surface area (TPSA) is 85.1 Å². The van der Waals surface area contributed by atoms with Crippen LogP contribution in [0.15, 0.2) is 4.52 Å². The molecule has 1 fully saturated rings. The summed E-state index contributed by atoms with van der Waals surface area (Å²) in [4.78, 5) is 4.04. The molecule has 1 aliphatic carbocycles. The minimum absolute atomic E-state index is 0.167. The fourth-order valence-electron chi connectivity index (χ4n) is 2.02. The Labute approximate surface area is 101 Å². The predicted molar refractivity (Wildman–Crippen MR) is 61.9 cm³/mol. The molecule has 2 rings (SSSR count). The van der Waals surface area contributed by atoms with Crippen molar-refractivity contribution < 1.29 is 12.9 Å². The monoisotopic (exact) mass is 259 g/mol. The summed E-state index contributed by atoms with van der Waals surface area (Å²) < 4.78 is 27.1. The van der Waals surface area contributed by atoms with Gasteiger partial charge in [0.1, 0.15) is 5.75 Å². The van der Waals surface area contributed by atoms with E-state index in [4.69, 9.17) is 4.52 Å². The molecule has 1 aromatic heterocycles. The van der Waals surface area contributed by atoms with Crippen LogP contribution in [-0.2, 0) is 22.1 Å². The van der Waals surface area contributed by atoms with Gasteiger partial charge in [0.05, 0.1) is 6.54 Å². The fourth-order valence-corrected chi connectivity index (χ4v) is 2.60. The lowest BCUT2D eigenvalue weighted by atomic mass is 10.2. The highest BCUT2D eigenvalue weighted by Crippen LogP contribution is 2.17. The normalized spacial score (nSPS) is 17.7. The standard InChI is InChI=1S/C10H17N3O3S/c1-17(14,15)7-9-12-10(16-13-9)6-11-8-4-2-3-5-8/h8,11H,2-7H2,1H3. The van der Waals surface area contributed by atoms with E-state index in [0.29, 0.717) is 18.5 Å². The Morgan fingerprint density at radius 1 is 1.41 bits per heavy atom. The second-order valence-corrected chi connectivity index (χ2v) is 6.68. The van der Waals surface area contributed by atoms with Crippen molar-refractivity contribution in [2.75, 3.05) is 6.26 Å². The molecule has 17 heavy (non-hydrogen) atoms. The average molecular weight is 259 g/mol. The molecule has 7 heteroatoms. The van der Waals surface area contributed by atoms with Gasteiger partial charge in [0, 0.05) is 12.3 Å². The summed E-state index contributed by atoms with van der Waals surface area (Å²) in [6.07, 6.45) is 6.05. The first-order chi connectivity index (χ1) is 8.03. The number of hydrogen-bond donors (Lipinski definition) is 1. The van der Waals surface area contributed by atoms with Crippen LogP contribution in [0, 0.1) is 0 Å². The van der Waals surface area contributed by atoms with Gasteiger partial charge in [0.2, 0.25) is 5.89 Å². The lowest BCUT2D eigenvalue weighted by Gasteiger charge is -2.08. The van der Waals surface area contributed by atoms with Crippen LogP contribution in [0.2, 0.25) is 0 Å². The average Bonchev–Trinajstić information content (AvgIpc) is 2.82. The van der Waals surface area contributed by atoms with Crippen molar-refractivity contribution in [1.29, 1.82) is 0 Å². The van der Waals surface area contributed by atoms with E-state index in [1.165, 1.54) is 25.7 Å². The lowest BCUT2D eigenvalue weighted by molar-refractivity contribution is 0.354. The molecule has 0 spiro atoms. The van der Waals surface area contributed by atoms with E-state index in [1.54, 1.807) is 0 Å². The summed E-state index contributed by atoms with van der Waals surface area (Å²) >= 11 is 0. The zero-order valence-corrected chi connectivity index (χ0v) is 10.7. The van der Waals surface area contributed by atoms with Gasteiger partial charge in [-0.2, -0.15) is 4.98 Å². The first-order valence-electron chi connectivity index (χ1n) is 5.75. The van der Waals surface area contributed by atoms with Gasteiger partial charge < -0.3 is 9.84 Å². The summed E-state index contributed by atoms with van der Waals surface area (Å²) in [6.45, 7) is 0.515. The molecule has 0 amide bonds. The van der Waals surface area contributed by atoms with Crippen LogP contribution in [0.3, 0.4) is 0 Å². The second-order valence-electron chi connectivity index (χ2n) is 4.54. The van der Waals surface area contributed by atoms with Gasteiger partial charge in [-0.3, -0.25) is 0 Å². The highest BCUT2D eigenvalue weighted by atomic mass is 32.2. The molecule has 6 nitrogen and oxygen atoms in total. The highest BCUT2D eigenvalue weighted by Gasteiger charge is 2.16. The Morgan fingerprint density at radius 2 is 2.12 bits per heavy atom.